The number of rotatable bonds is 4. The third-order valence-corrected chi connectivity index (χ3v) is 4.03. The van der Waals surface area contributed by atoms with Gasteiger partial charge in [0.05, 0.1) is 12.3 Å². The highest BCUT2D eigenvalue weighted by Crippen LogP contribution is 2.20. The van der Waals surface area contributed by atoms with Gasteiger partial charge in [0.2, 0.25) is 11.8 Å². The molecule has 1 saturated heterocycles. The van der Waals surface area contributed by atoms with Gasteiger partial charge in [0.1, 0.15) is 18.2 Å². The normalized spacial score (nSPS) is 14.2. The highest BCUT2D eigenvalue weighted by atomic mass is 19.1. The maximum absolute atomic E-state index is 13.9. The number of amides is 3. The Morgan fingerprint density at radius 1 is 1.12 bits per heavy atom. The van der Waals surface area contributed by atoms with Crippen LogP contribution in [0, 0.1) is 11.6 Å². The Labute approximate surface area is 150 Å². The van der Waals surface area contributed by atoms with Crippen LogP contribution in [-0.2, 0) is 14.3 Å². The molecule has 1 aliphatic heterocycles. The van der Waals surface area contributed by atoms with E-state index in [-0.39, 0.29) is 37.8 Å². The Morgan fingerprint density at radius 2 is 1.73 bits per heavy atom. The monoisotopic (exact) mass is 369 g/mol. The summed E-state index contributed by atoms with van der Waals surface area (Å²) in [6.07, 6.45) is -0.432. The van der Waals surface area contributed by atoms with Gasteiger partial charge in [-0.15, -0.1) is 0 Å². The zero-order chi connectivity index (χ0) is 19.3. The Bertz CT molecular complexity index is 691. The number of anilines is 1. The van der Waals surface area contributed by atoms with Crippen LogP contribution in [0.2, 0.25) is 0 Å². The van der Waals surface area contributed by atoms with Crippen LogP contribution in [0.15, 0.2) is 18.2 Å². The van der Waals surface area contributed by atoms with Crippen molar-refractivity contribution in [2.45, 2.75) is 13.8 Å². The van der Waals surface area contributed by atoms with Crippen LogP contribution in [0.1, 0.15) is 13.8 Å². The number of nitrogens with zero attached hydrogens (tertiary/aromatic N) is 3. The molecule has 1 aromatic rings. The predicted octanol–water partition coefficient (Wildman–Crippen LogP) is 1.62. The van der Waals surface area contributed by atoms with Crippen molar-refractivity contribution in [1.82, 2.24) is 9.80 Å². The van der Waals surface area contributed by atoms with Gasteiger partial charge in [-0.2, -0.15) is 0 Å². The Hall–Kier alpha value is -2.71. The van der Waals surface area contributed by atoms with Crippen LogP contribution in [0.5, 0.6) is 0 Å². The fourth-order valence-electron chi connectivity index (χ4n) is 2.65. The largest absolute Gasteiger partial charge is 0.450 e. The summed E-state index contributed by atoms with van der Waals surface area (Å²) in [5.41, 5.74) is -0.155. The second-order valence-electron chi connectivity index (χ2n) is 5.77. The zero-order valence-corrected chi connectivity index (χ0v) is 14.7. The Kier molecular flexibility index (Phi) is 6.48. The first kappa shape index (κ1) is 19.6. The molecular weight excluding hydrogens is 348 g/mol. The zero-order valence-electron chi connectivity index (χ0n) is 14.7. The molecule has 0 bridgehead atoms. The maximum atomic E-state index is 13.9. The first-order valence-electron chi connectivity index (χ1n) is 8.26. The summed E-state index contributed by atoms with van der Waals surface area (Å²) >= 11 is 0. The molecule has 0 spiro atoms. The molecule has 7 nitrogen and oxygen atoms in total. The summed E-state index contributed by atoms with van der Waals surface area (Å²) in [6, 6.07) is 2.81. The molecule has 0 unspecified atom stereocenters. The second kappa shape index (κ2) is 8.59. The van der Waals surface area contributed by atoms with Gasteiger partial charge in [0.25, 0.3) is 0 Å². The van der Waals surface area contributed by atoms with E-state index in [0.29, 0.717) is 19.2 Å². The molecular formula is C17H21F2N3O4. The van der Waals surface area contributed by atoms with Crippen molar-refractivity contribution in [3.63, 3.8) is 0 Å². The SMILES string of the molecule is CCOC(=O)N1CCN(C(=O)CN(C(C)=O)c2ccc(F)cc2F)CC1. The van der Waals surface area contributed by atoms with Crippen molar-refractivity contribution in [3.05, 3.63) is 29.8 Å². The van der Waals surface area contributed by atoms with Crippen molar-refractivity contribution in [1.29, 1.82) is 0 Å². The molecule has 1 aliphatic rings. The average Bonchev–Trinajstić information content (AvgIpc) is 2.60. The topological polar surface area (TPSA) is 70.2 Å². The number of halogens is 2. The molecule has 0 atom stereocenters. The molecule has 1 aromatic carbocycles. The van der Waals surface area contributed by atoms with E-state index in [1.165, 1.54) is 16.7 Å². The van der Waals surface area contributed by atoms with Gasteiger partial charge >= 0.3 is 6.09 Å². The third kappa shape index (κ3) is 4.68. The number of benzene rings is 1. The standard InChI is InChI=1S/C17H21F2N3O4/c1-3-26-17(25)21-8-6-20(7-9-21)16(24)11-22(12(2)23)15-5-4-13(18)10-14(15)19/h4-5,10H,3,6-9,11H2,1-2H3. The number of ether oxygens (including phenoxy) is 1. The fraction of sp³-hybridized carbons (Fsp3) is 0.471. The third-order valence-electron chi connectivity index (χ3n) is 4.03. The fourth-order valence-corrected chi connectivity index (χ4v) is 2.65. The molecule has 9 heteroatoms. The van der Waals surface area contributed by atoms with Crippen LogP contribution in [0.4, 0.5) is 19.3 Å². The Morgan fingerprint density at radius 3 is 2.27 bits per heavy atom. The minimum atomic E-state index is -0.917. The van der Waals surface area contributed by atoms with Crippen molar-refractivity contribution >= 4 is 23.6 Å². The van der Waals surface area contributed by atoms with Crippen LogP contribution in [0.25, 0.3) is 0 Å². The molecule has 0 radical (unpaired) electrons. The summed E-state index contributed by atoms with van der Waals surface area (Å²) in [5, 5.41) is 0. The van der Waals surface area contributed by atoms with E-state index in [4.69, 9.17) is 4.74 Å². The van der Waals surface area contributed by atoms with E-state index in [2.05, 4.69) is 0 Å². The van der Waals surface area contributed by atoms with Crippen LogP contribution >= 0.6 is 0 Å². The smallest absolute Gasteiger partial charge is 0.409 e. The van der Waals surface area contributed by atoms with E-state index in [0.717, 1.165) is 17.0 Å². The van der Waals surface area contributed by atoms with Crippen LogP contribution in [-0.4, -0.2) is 67.0 Å². The summed E-state index contributed by atoms with van der Waals surface area (Å²) in [4.78, 5) is 39.9. The lowest BCUT2D eigenvalue weighted by molar-refractivity contribution is -0.132. The highest BCUT2D eigenvalue weighted by molar-refractivity contribution is 5.97. The van der Waals surface area contributed by atoms with Gasteiger partial charge in [0, 0.05) is 39.2 Å². The minimum Gasteiger partial charge on any atom is -0.450 e. The van der Waals surface area contributed by atoms with Gasteiger partial charge < -0.3 is 19.4 Å². The first-order valence-corrected chi connectivity index (χ1v) is 8.26. The van der Waals surface area contributed by atoms with E-state index >= 15 is 0 Å². The molecule has 0 saturated carbocycles. The van der Waals surface area contributed by atoms with E-state index in [1.54, 1.807) is 6.92 Å². The molecule has 142 valence electrons. The predicted molar refractivity (Wildman–Crippen MR) is 89.6 cm³/mol. The van der Waals surface area contributed by atoms with Gasteiger partial charge in [-0.05, 0) is 19.1 Å². The molecule has 26 heavy (non-hydrogen) atoms. The molecule has 1 fully saturated rings. The van der Waals surface area contributed by atoms with E-state index < -0.39 is 23.6 Å². The van der Waals surface area contributed by atoms with E-state index in [1.807, 2.05) is 0 Å². The van der Waals surface area contributed by atoms with Gasteiger partial charge in [-0.25, -0.2) is 13.6 Å². The van der Waals surface area contributed by atoms with Crippen molar-refractivity contribution < 1.29 is 27.9 Å². The number of carbonyl (C=O) groups excluding carboxylic acids is 3. The molecule has 0 N–H and O–H groups in total. The summed E-state index contributed by atoms with van der Waals surface area (Å²) in [6.45, 7) is 4.03. The number of hydrogen-bond donors (Lipinski definition) is 0. The maximum Gasteiger partial charge on any atom is 0.409 e. The van der Waals surface area contributed by atoms with Gasteiger partial charge in [-0.1, -0.05) is 0 Å². The van der Waals surface area contributed by atoms with Crippen molar-refractivity contribution in [2.24, 2.45) is 0 Å². The lowest BCUT2D eigenvalue weighted by atomic mass is 10.2. The molecule has 1 heterocycles. The summed E-state index contributed by atoms with van der Waals surface area (Å²) in [5.74, 6) is -2.60. The Balaban J connectivity index is 2.01. The second-order valence-corrected chi connectivity index (χ2v) is 5.77. The first-order chi connectivity index (χ1) is 12.3. The van der Waals surface area contributed by atoms with Crippen molar-refractivity contribution in [3.8, 4) is 0 Å². The number of piperazine rings is 1. The molecule has 3 amide bonds. The summed E-state index contributed by atoms with van der Waals surface area (Å²) in [7, 11) is 0. The minimum absolute atomic E-state index is 0.155. The quantitative estimate of drug-likeness (QED) is 0.809. The van der Waals surface area contributed by atoms with E-state index in [9.17, 15) is 23.2 Å². The lowest BCUT2D eigenvalue weighted by Crippen LogP contribution is -2.53. The van der Waals surface area contributed by atoms with Gasteiger partial charge in [0.15, 0.2) is 0 Å². The number of hydrogen-bond acceptors (Lipinski definition) is 4. The van der Waals surface area contributed by atoms with Crippen molar-refractivity contribution in [2.75, 3.05) is 44.2 Å². The van der Waals surface area contributed by atoms with Crippen LogP contribution in [0.3, 0.4) is 0 Å². The average molecular weight is 369 g/mol. The lowest BCUT2D eigenvalue weighted by Gasteiger charge is -2.35. The highest BCUT2D eigenvalue weighted by Gasteiger charge is 2.27. The number of carbonyl (C=O) groups is 3. The molecule has 0 aliphatic carbocycles. The van der Waals surface area contributed by atoms with Crippen LogP contribution < -0.4 is 4.90 Å². The molecule has 2 rings (SSSR count). The summed E-state index contributed by atoms with van der Waals surface area (Å²) < 4.78 is 31.9. The van der Waals surface area contributed by atoms with Gasteiger partial charge in [-0.3, -0.25) is 9.59 Å². The molecule has 0 aromatic heterocycles.